The highest BCUT2D eigenvalue weighted by molar-refractivity contribution is 4.78. The fraction of sp³-hybridized carbons (Fsp3) is 1.00. The Kier molecular flexibility index (Phi) is 5.62. The summed E-state index contributed by atoms with van der Waals surface area (Å²) in [6.45, 7) is 11.5. The van der Waals surface area contributed by atoms with Crippen molar-refractivity contribution in [2.24, 2.45) is 17.3 Å². The van der Waals surface area contributed by atoms with Crippen molar-refractivity contribution in [3.63, 3.8) is 0 Å². The first-order chi connectivity index (χ1) is 5.93. The van der Waals surface area contributed by atoms with Crippen molar-refractivity contribution in [1.29, 1.82) is 0 Å². The minimum absolute atomic E-state index is 0.325. The van der Waals surface area contributed by atoms with Crippen LogP contribution in [0.25, 0.3) is 0 Å². The highest BCUT2D eigenvalue weighted by Crippen LogP contribution is 2.35. The molecular weight excluding hydrogens is 160 g/mol. The van der Waals surface area contributed by atoms with Gasteiger partial charge in [0.2, 0.25) is 0 Å². The lowest BCUT2D eigenvalue weighted by molar-refractivity contribution is 0.0998. The van der Waals surface area contributed by atoms with E-state index in [-0.39, 0.29) is 0 Å². The predicted molar refractivity (Wildman–Crippen MR) is 58.7 cm³/mol. The fourth-order valence-corrected chi connectivity index (χ4v) is 2.12. The largest absolute Gasteiger partial charge is 0.396 e. The van der Waals surface area contributed by atoms with E-state index in [1.807, 2.05) is 0 Å². The van der Waals surface area contributed by atoms with Gasteiger partial charge in [0.25, 0.3) is 0 Å². The molecule has 0 radical (unpaired) electrons. The van der Waals surface area contributed by atoms with Crippen LogP contribution >= 0.6 is 0 Å². The van der Waals surface area contributed by atoms with Gasteiger partial charge < -0.3 is 5.11 Å². The van der Waals surface area contributed by atoms with E-state index in [2.05, 4.69) is 34.6 Å². The molecule has 0 aromatic carbocycles. The molecule has 0 aliphatic heterocycles. The number of aliphatic hydroxyl groups is 1. The van der Waals surface area contributed by atoms with E-state index in [0.29, 0.717) is 23.9 Å². The summed E-state index contributed by atoms with van der Waals surface area (Å²) in [7, 11) is 0. The Labute approximate surface area is 83.5 Å². The van der Waals surface area contributed by atoms with Gasteiger partial charge in [0, 0.05) is 6.61 Å². The summed E-state index contributed by atoms with van der Waals surface area (Å²) in [5, 5.41) is 9.17. The second-order valence-electron chi connectivity index (χ2n) is 5.27. The lowest BCUT2D eigenvalue weighted by Gasteiger charge is -2.35. The molecule has 0 spiro atoms. The molecule has 0 aromatic heterocycles. The molecule has 1 heteroatoms. The van der Waals surface area contributed by atoms with Crippen LogP contribution in [0.1, 0.15) is 53.9 Å². The van der Waals surface area contributed by atoms with Crippen molar-refractivity contribution in [1.82, 2.24) is 0 Å². The maximum absolute atomic E-state index is 9.17. The van der Waals surface area contributed by atoms with Crippen molar-refractivity contribution >= 4 is 0 Å². The smallest absolute Gasteiger partial charge is 0.0459 e. The molecule has 0 aliphatic carbocycles. The summed E-state index contributed by atoms with van der Waals surface area (Å²) in [5.74, 6) is 1.09. The average molecular weight is 186 g/mol. The van der Waals surface area contributed by atoms with Gasteiger partial charge in [-0.15, -0.1) is 0 Å². The topological polar surface area (TPSA) is 20.2 Å². The molecule has 0 rings (SSSR count). The molecule has 0 saturated heterocycles. The Hall–Kier alpha value is -0.0400. The molecule has 0 bridgehead atoms. The van der Waals surface area contributed by atoms with Crippen molar-refractivity contribution in [2.45, 2.75) is 53.9 Å². The van der Waals surface area contributed by atoms with Crippen LogP contribution in [0.3, 0.4) is 0 Å². The van der Waals surface area contributed by atoms with Crippen LogP contribution in [0.4, 0.5) is 0 Å². The fourth-order valence-electron chi connectivity index (χ4n) is 2.12. The first kappa shape index (κ1) is 13.0. The maximum Gasteiger partial charge on any atom is 0.0459 e. The SMILES string of the molecule is CCCC[C@@H]([C@H](C)CO)C(C)(C)C. The molecular formula is C12H26O. The third-order valence-electron chi connectivity index (χ3n) is 2.96. The number of hydrogen-bond donors (Lipinski definition) is 1. The molecule has 1 nitrogen and oxygen atoms in total. The molecule has 0 aromatic rings. The van der Waals surface area contributed by atoms with Gasteiger partial charge in [0.1, 0.15) is 0 Å². The van der Waals surface area contributed by atoms with Gasteiger partial charge in [-0.1, -0.05) is 47.5 Å². The van der Waals surface area contributed by atoms with Crippen LogP contribution in [0.5, 0.6) is 0 Å². The van der Waals surface area contributed by atoms with Gasteiger partial charge in [-0.05, 0) is 23.7 Å². The van der Waals surface area contributed by atoms with Crippen LogP contribution in [0.2, 0.25) is 0 Å². The number of aliphatic hydroxyl groups excluding tert-OH is 1. The molecule has 0 heterocycles. The molecule has 0 aliphatic rings. The first-order valence-electron chi connectivity index (χ1n) is 5.54. The van der Waals surface area contributed by atoms with Gasteiger partial charge in [0.05, 0.1) is 0 Å². The van der Waals surface area contributed by atoms with Crippen LogP contribution in [-0.2, 0) is 0 Å². The zero-order chi connectivity index (χ0) is 10.5. The minimum Gasteiger partial charge on any atom is -0.396 e. The van der Waals surface area contributed by atoms with E-state index < -0.39 is 0 Å². The number of hydrogen-bond acceptors (Lipinski definition) is 1. The van der Waals surface area contributed by atoms with Crippen LogP contribution < -0.4 is 0 Å². The van der Waals surface area contributed by atoms with E-state index in [0.717, 1.165) is 0 Å². The summed E-state index contributed by atoms with van der Waals surface area (Å²) < 4.78 is 0. The van der Waals surface area contributed by atoms with Crippen molar-refractivity contribution in [3.8, 4) is 0 Å². The molecule has 0 amide bonds. The normalized spacial score (nSPS) is 17.1. The van der Waals surface area contributed by atoms with E-state index in [9.17, 15) is 0 Å². The van der Waals surface area contributed by atoms with E-state index in [1.165, 1.54) is 19.3 Å². The molecule has 0 saturated carbocycles. The highest BCUT2D eigenvalue weighted by Gasteiger charge is 2.28. The van der Waals surface area contributed by atoms with E-state index in [4.69, 9.17) is 5.11 Å². The Morgan fingerprint density at radius 3 is 2.08 bits per heavy atom. The van der Waals surface area contributed by atoms with E-state index >= 15 is 0 Å². The second kappa shape index (κ2) is 5.64. The molecule has 13 heavy (non-hydrogen) atoms. The Balaban J connectivity index is 4.19. The van der Waals surface area contributed by atoms with Crippen LogP contribution in [0, 0.1) is 17.3 Å². The summed E-state index contributed by atoms with van der Waals surface area (Å²) in [6.07, 6.45) is 3.79. The minimum atomic E-state index is 0.325. The average Bonchev–Trinajstić information content (AvgIpc) is 2.02. The van der Waals surface area contributed by atoms with Gasteiger partial charge in [-0.3, -0.25) is 0 Å². The zero-order valence-corrected chi connectivity index (χ0v) is 9.93. The van der Waals surface area contributed by atoms with Crippen LogP contribution in [0.15, 0.2) is 0 Å². The molecule has 2 atom stereocenters. The molecule has 0 fully saturated rings. The van der Waals surface area contributed by atoms with Crippen molar-refractivity contribution in [3.05, 3.63) is 0 Å². The molecule has 80 valence electrons. The third-order valence-corrected chi connectivity index (χ3v) is 2.96. The van der Waals surface area contributed by atoms with Gasteiger partial charge in [-0.25, -0.2) is 0 Å². The Morgan fingerprint density at radius 1 is 1.23 bits per heavy atom. The summed E-state index contributed by atoms with van der Waals surface area (Å²) in [6, 6.07) is 0. The standard InChI is InChI=1S/C12H26O/c1-6-7-8-11(10(2)9-13)12(3,4)5/h10-11,13H,6-9H2,1-5H3/t10-,11+/m1/s1. The lowest BCUT2D eigenvalue weighted by atomic mass is 9.71. The summed E-state index contributed by atoms with van der Waals surface area (Å²) in [5.41, 5.74) is 0.331. The quantitative estimate of drug-likeness (QED) is 0.697. The number of rotatable bonds is 5. The highest BCUT2D eigenvalue weighted by atomic mass is 16.3. The van der Waals surface area contributed by atoms with Gasteiger partial charge in [0.15, 0.2) is 0 Å². The van der Waals surface area contributed by atoms with Gasteiger partial charge in [-0.2, -0.15) is 0 Å². The number of unbranched alkanes of at least 4 members (excludes halogenated alkanes) is 1. The molecule has 1 N–H and O–H groups in total. The maximum atomic E-state index is 9.17. The van der Waals surface area contributed by atoms with Crippen LogP contribution in [-0.4, -0.2) is 11.7 Å². The summed E-state index contributed by atoms with van der Waals surface area (Å²) in [4.78, 5) is 0. The monoisotopic (exact) mass is 186 g/mol. The Bertz CT molecular complexity index is 124. The first-order valence-corrected chi connectivity index (χ1v) is 5.54. The lowest BCUT2D eigenvalue weighted by Crippen LogP contribution is -2.28. The van der Waals surface area contributed by atoms with Gasteiger partial charge >= 0.3 is 0 Å². The van der Waals surface area contributed by atoms with Crippen molar-refractivity contribution < 1.29 is 5.11 Å². The molecule has 0 unspecified atom stereocenters. The second-order valence-corrected chi connectivity index (χ2v) is 5.27. The zero-order valence-electron chi connectivity index (χ0n) is 9.93. The predicted octanol–water partition coefficient (Wildman–Crippen LogP) is 3.47. The third kappa shape index (κ3) is 4.66. The summed E-state index contributed by atoms with van der Waals surface area (Å²) >= 11 is 0. The van der Waals surface area contributed by atoms with E-state index in [1.54, 1.807) is 0 Å². The Morgan fingerprint density at radius 2 is 1.77 bits per heavy atom. The van der Waals surface area contributed by atoms with Crippen molar-refractivity contribution in [2.75, 3.05) is 6.61 Å².